The molecule has 0 spiro atoms. The normalized spacial score (nSPS) is 10.1. The third-order valence-electron chi connectivity index (χ3n) is 1.33. The first-order valence-corrected chi connectivity index (χ1v) is 4.82. The van der Waals surface area contributed by atoms with E-state index in [1.54, 1.807) is 11.3 Å². The lowest BCUT2D eigenvalue weighted by Gasteiger charge is -2.03. The molecule has 1 rings (SSSR count). The van der Waals surface area contributed by atoms with E-state index < -0.39 is 0 Å². The van der Waals surface area contributed by atoms with Crippen molar-refractivity contribution in [2.45, 2.75) is 0 Å². The van der Waals surface area contributed by atoms with Crippen LogP contribution in [0.25, 0.3) is 0 Å². The van der Waals surface area contributed by atoms with Gasteiger partial charge in [0.25, 0.3) is 0 Å². The first-order valence-electron chi connectivity index (χ1n) is 3.88. The highest BCUT2D eigenvalue weighted by Crippen LogP contribution is 2.10. The van der Waals surface area contributed by atoms with Crippen molar-refractivity contribution < 1.29 is 9.84 Å². The van der Waals surface area contributed by atoms with Crippen LogP contribution in [0.3, 0.4) is 0 Å². The van der Waals surface area contributed by atoms with Gasteiger partial charge in [-0.25, -0.2) is 0 Å². The van der Waals surface area contributed by atoms with Crippen LogP contribution in [-0.2, 0) is 4.74 Å². The standard InChI is InChI=1S/C8H13NO2S/c10-3-5-11-4-2-9-8-1-6-12-7-8/h1,6-7,9-10H,2-5H2. The summed E-state index contributed by atoms with van der Waals surface area (Å²) in [7, 11) is 0. The number of aliphatic hydroxyl groups is 1. The Morgan fingerprint density at radius 1 is 1.50 bits per heavy atom. The Hall–Kier alpha value is -0.580. The van der Waals surface area contributed by atoms with Crippen LogP contribution >= 0.6 is 11.3 Å². The molecule has 1 heterocycles. The second-order valence-electron chi connectivity index (χ2n) is 2.27. The van der Waals surface area contributed by atoms with Gasteiger partial charge in [-0.3, -0.25) is 0 Å². The van der Waals surface area contributed by atoms with Crippen LogP contribution < -0.4 is 5.32 Å². The fourth-order valence-electron chi connectivity index (χ4n) is 0.799. The summed E-state index contributed by atoms with van der Waals surface area (Å²) in [6, 6.07) is 2.02. The zero-order chi connectivity index (χ0) is 8.65. The van der Waals surface area contributed by atoms with E-state index in [-0.39, 0.29) is 6.61 Å². The molecule has 0 aliphatic carbocycles. The van der Waals surface area contributed by atoms with Crippen LogP contribution in [0.1, 0.15) is 0 Å². The lowest BCUT2D eigenvalue weighted by atomic mass is 10.5. The molecule has 1 aromatic heterocycles. The molecule has 0 unspecified atom stereocenters. The Morgan fingerprint density at radius 2 is 2.42 bits per heavy atom. The maximum atomic E-state index is 8.41. The molecule has 12 heavy (non-hydrogen) atoms. The Labute approximate surface area is 76.0 Å². The zero-order valence-electron chi connectivity index (χ0n) is 6.82. The molecule has 0 bridgehead atoms. The average Bonchev–Trinajstić information content (AvgIpc) is 2.57. The summed E-state index contributed by atoms with van der Waals surface area (Å²) in [5.41, 5.74) is 1.13. The molecule has 0 radical (unpaired) electrons. The Morgan fingerprint density at radius 3 is 3.08 bits per heavy atom. The fraction of sp³-hybridized carbons (Fsp3) is 0.500. The Bertz CT molecular complexity index is 189. The van der Waals surface area contributed by atoms with E-state index in [1.807, 2.05) is 16.8 Å². The summed E-state index contributed by atoms with van der Waals surface area (Å²) in [6.07, 6.45) is 0. The second kappa shape index (κ2) is 5.99. The first-order chi connectivity index (χ1) is 5.93. The molecule has 4 heteroatoms. The second-order valence-corrected chi connectivity index (χ2v) is 3.05. The first kappa shape index (κ1) is 9.51. The van der Waals surface area contributed by atoms with Gasteiger partial charge in [0.15, 0.2) is 0 Å². The minimum absolute atomic E-state index is 0.0957. The van der Waals surface area contributed by atoms with E-state index in [2.05, 4.69) is 5.32 Å². The summed E-state index contributed by atoms with van der Waals surface area (Å²) < 4.78 is 5.07. The molecule has 2 N–H and O–H groups in total. The molecular formula is C8H13NO2S. The molecule has 3 nitrogen and oxygen atoms in total. The average molecular weight is 187 g/mol. The molecule has 0 saturated heterocycles. The van der Waals surface area contributed by atoms with E-state index in [0.717, 1.165) is 12.2 Å². The predicted molar refractivity (Wildman–Crippen MR) is 50.7 cm³/mol. The number of rotatable bonds is 6. The van der Waals surface area contributed by atoms with Gasteiger partial charge in [0.1, 0.15) is 0 Å². The van der Waals surface area contributed by atoms with E-state index >= 15 is 0 Å². The predicted octanol–water partition coefficient (Wildman–Crippen LogP) is 1.17. The van der Waals surface area contributed by atoms with E-state index in [1.165, 1.54) is 0 Å². The van der Waals surface area contributed by atoms with Gasteiger partial charge >= 0.3 is 0 Å². The lowest BCUT2D eigenvalue weighted by molar-refractivity contribution is 0.0992. The molecule has 0 atom stereocenters. The van der Waals surface area contributed by atoms with Gasteiger partial charge in [0.05, 0.1) is 19.8 Å². The van der Waals surface area contributed by atoms with Crippen molar-refractivity contribution in [1.29, 1.82) is 0 Å². The Balaban J connectivity index is 1.96. The SMILES string of the molecule is OCCOCCNc1ccsc1. The molecule has 0 aliphatic rings. The van der Waals surface area contributed by atoms with Crippen molar-refractivity contribution in [3.63, 3.8) is 0 Å². The van der Waals surface area contributed by atoms with Crippen LogP contribution in [0.2, 0.25) is 0 Å². The maximum Gasteiger partial charge on any atom is 0.0698 e. The van der Waals surface area contributed by atoms with E-state index in [9.17, 15) is 0 Å². The summed E-state index contributed by atoms with van der Waals surface area (Å²) in [6.45, 7) is 1.94. The monoisotopic (exact) mass is 187 g/mol. The van der Waals surface area contributed by atoms with Crippen LogP contribution in [0.4, 0.5) is 5.69 Å². The number of hydrogen-bond acceptors (Lipinski definition) is 4. The maximum absolute atomic E-state index is 8.41. The molecule has 0 saturated carbocycles. The molecule has 68 valence electrons. The fourth-order valence-corrected chi connectivity index (χ4v) is 1.41. The van der Waals surface area contributed by atoms with E-state index in [4.69, 9.17) is 9.84 Å². The quantitative estimate of drug-likeness (QED) is 0.657. The molecule has 0 aromatic carbocycles. The van der Waals surface area contributed by atoms with E-state index in [0.29, 0.717) is 13.2 Å². The highest BCUT2D eigenvalue weighted by Gasteiger charge is 1.90. The van der Waals surface area contributed by atoms with Gasteiger partial charge in [0, 0.05) is 17.6 Å². The number of ether oxygens (including phenoxy) is 1. The third-order valence-corrected chi connectivity index (χ3v) is 2.02. The van der Waals surface area contributed by atoms with Gasteiger partial charge in [-0.05, 0) is 11.4 Å². The van der Waals surface area contributed by atoms with Gasteiger partial charge in [-0.2, -0.15) is 11.3 Å². The molecule has 0 aliphatic heterocycles. The molecule has 0 amide bonds. The highest BCUT2D eigenvalue weighted by atomic mass is 32.1. The molecule has 0 fully saturated rings. The van der Waals surface area contributed by atoms with Gasteiger partial charge in [-0.15, -0.1) is 0 Å². The zero-order valence-corrected chi connectivity index (χ0v) is 7.64. The number of thiophene rings is 1. The van der Waals surface area contributed by atoms with Crippen LogP contribution in [0.15, 0.2) is 16.8 Å². The van der Waals surface area contributed by atoms with Crippen molar-refractivity contribution in [3.05, 3.63) is 16.8 Å². The van der Waals surface area contributed by atoms with Crippen LogP contribution in [0.5, 0.6) is 0 Å². The van der Waals surface area contributed by atoms with Crippen molar-refractivity contribution in [1.82, 2.24) is 0 Å². The van der Waals surface area contributed by atoms with Crippen molar-refractivity contribution >= 4 is 17.0 Å². The smallest absolute Gasteiger partial charge is 0.0698 e. The van der Waals surface area contributed by atoms with Gasteiger partial charge in [0.2, 0.25) is 0 Å². The number of aliphatic hydroxyl groups excluding tert-OH is 1. The Kier molecular flexibility index (Phi) is 4.75. The summed E-state index contributed by atoms with van der Waals surface area (Å²) in [5, 5.41) is 15.7. The summed E-state index contributed by atoms with van der Waals surface area (Å²) in [5.74, 6) is 0. The number of nitrogens with one attached hydrogen (secondary N) is 1. The largest absolute Gasteiger partial charge is 0.394 e. The lowest BCUT2D eigenvalue weighted by Crippen LogP contribution is -2.10. The van der Waals surface area contributed by atoms with Gasteiger partial charge in [-0.1, -0.05) is 0 Å². The molecule has 1 aromatic rings. The van der Waals surface area contributed by atoms with Gasteiger partial charge < -0.3 is 15.2 Å². The highest BCUT2D eigenvalue weighted by molar-refractivity contribution is 7.08. The minimum atomic E-state index is 0.0957. The molecular weight excluding hydrogens is 174 g/mol. The number of anilines is 1. The van der Waals surface area contributed by atoms with Crippen LogP contribution in [0, 0.1) is 0 Å². The van der Waals surface area contributed by atoms with Crippen LogP contribution in [-0.4, -0.2) is 31.5 Å². The summed E-state index contributed by atoms with van der Waals surface area (Å²) in [4.78, 5) is 0. The van der Waals surface area contributed by atoms with Crippen molar-refractivity contribution in [3.8, 4) is 0 Å². The third kappa shape index (κ3) is 3.71. The summed E-state index contributed by atoms with van der Waals surface area (Å²) >= 11 is 1.66. The number of hydrogen-bond donors (Lipinski definition) is 2. The topological polar surface area (TPSA) is 41.5 Å². The van der Waals surface area contributed by atoms with Crippen molar-refractivity contribution in [2.24, 2.45) is 0 Å². The minimum Gasteiger partial charge on any atom is -0.394 e. The van der Waals surface area contributed by atoms with Crippen molar-refractivity contribution in [2.75, 3.05) is 31.7 Å².